The molecule has 0 aromatic heterocycles. The van der Waals surface area contributed by atoms with Crippen LogP contribution in [0.2, 0.25) is 0 Å². The lowest BCUT2D eigenvalue weighted by Crippen LogP contribution is -2.38. The topological polar surface area (TPSA) is 55.1 Å². The predicted octanol–water partition coefficient (Wildman–Crippen LogP) is 2.52. The van der Waals surface area contributed by atoms with Crippen molar-refractivity contribution in [3.05, 3.63) is 35.6 Å². The highest BCUT2D eigenvalue weighted by Gasteiger charge is 2.25. The third-order valence-corrected chi connectivity index (χ3v) is 3.99. The Kier molecular flexibility index (Phi) is 4.53. The Balaban J connectivity index is 1.89. The zero-order valence-corrected chi connectivity index (χ0v) is 11.2. The van der Waals surface area contributed by atoms with Crippen molar-refractivity contribution in [2.45, 2.75) is 44.7 Å². The summed E-state index contributed by atoms with van der Waals surface area (Å²) in [4.78, 5) is 11.1. The average molecular weight is 264 g/mol. The minimum absolute atomic E-state index is 0.0156. The number of nitrogens with one attached hydrogen (secondary N) is 1. The summed E-state index contributed by atoms with van der Waals surface area (Å²) in [6, 6.07) is 7.16. The summed E-state index contributed by atoms with van der Waals surface area (Å²) >= 11 is 0. The van der Waals surface area contributed by atoms with Crippen molar-refractivity contribution in [2.75, 3.05) is 0 Å². The maximum atomic E-state index is 13.7. The van der Waals surface area contributed by atoms with Crippen LogP contribution in [0, 0.1) is 11.7 Å². The molecule has 0 spiro atoms. The van der Waals surface area contributed by atoms with Gasteiger partial charge in [-0.1, -0.05) is 18.2 Å². The van der Waals surface area contributed by atoms with Crippen LogP contribution in [-0.2, 0) is 4.79 Å². The van der Waals surface area contributed by atoms with Gasteiger partial charge in [0.1, 0.15) is 5.82 Å². The summed E-state index contributed by atoms with van der Waals surface area (Å²) in [5.74, 6) is -0.351. The first-order chi connectivity index (χ1) is 9.08. The summed E-state index contributed by atoms with van der Waals surface area (Å²) in [5, 5.41) is 3.44. The monoisotopic (exact) mass is 264 g/mol. The molecule has 1 fully saturated rings. The van der Waals surface area contributed by atoms with Gasteiger partial charge in [-0.05, 0) is 38.7 Å². The molecule has 104 valence electrons. The molecule has 1 unspecified atom stereocenters. The number of primary amides is 1. The van der Waals surface area contributed by atoms with E-state index >= 15 is 0 Å². The van der Waals surface area contributed by atoms with E-state index in [0.29, 0.717) is 11.6 Å². The van der Waals surface area contributed by atoms with E-state index in [9.17, 15) is 9.18 Å². The Bertz CT molecular complexity index is 442. The van der Waals surface area contributed by atoms with Crippen molar-refractivity contribution >= 4 is 5.91 Å². The maximum Gasteiger partial charge on any atom is 0.220 e. The van der Waals surface area contributed by atoms with Crippen LogP contribution in [0.5, 0.6) is 0 Å². The minimum atomic E-state index is -0.194. The standard InChI is InChI=1S/C15H21FN2O/c1-10(13-4-2-3-5-14(13)16)18-12-8-6-11(7-9-12)15(17)19/h2-5,10-12,18H,6-9H2,1H3,(H2,17,19). The van der Waals surface area contributed by atoms with Crippen LogP contribution in [0.25, 0.3) is 0 Å². The third-order valence-electron chi connectivity index (χ3n) is 3.99. The molecule has 1 amide bonds. The number of hydrogen-bond donors (Lipinski definition) is 2. The van der Waals surface area contributed by atoms with Crippen LogP contribution >= 0.6 is 0 Å². The molecule has 2 rings (SSSR count). The van der Waals surface area contributed by atoms with Crippen LogP contribution in [0.15, 0.2) is 24.3 Å². The fraction of sp³-hybridized carbons (Fsp3) is 0.533. The molecular weight excluding hydrogens is 243 g/mol. The molecule has 1 aliphatic rings. The van der Waals surface area contributed by atoms with Gasteiger partial charge >= 0.3 is 0 Å². The normalized spacial score (nSPS) is 24.9. The molecule has 0 aliphatic heterocycles. The second-order valence-electron chi connectivity index (χ2n) is 5.36. The van der Waals surface area contributed by atoms with Crippen molar-refractivity contribution in [1.29, 1.82) is 0 Å². The Morgan fingerprint density at radius 3 is 2.53 bits per heavy atom. The van der Waals surface area contributed by atoms with Crippen LogP contribution in [0.3, 0.4) is 0 Å². The zero-order chi connectivity index (χ0) is 13.8. The molecule has 0 saturated heterocycles. The Morgan fingerprint density at radius 1 is 1.32 bits per heavy atom. The van der Waals surface area contributed by atoms with Crippen molar-refractivity contribution in [2.24, 2.45) is 11.7 Å². The van der Waals surface area contributed by atoms with E-state index in [2.05, 4.69) is 5.32 Å². The Labute approximate surface area is 113 Å². The van der Waals surface area contributed by atoms with Crippen molar-refractivity contribution in [3.8, 4) is 0 Å². The van der Waals surface area contributed by atoms with E-state index in [4.69, 9.17) is 5.73 Å². The van der Waals surface area contributed by atoms with Gasteiger partial charge in [-0.2, -0.15) is 0 Å². The largest absolute Gasteiger partial charge is 0.369 e. The lowest BCUT2D eigenvalue weighted by atomic mass is 9.85. The highest BCUT2D eigenvalue weighted by atomic mass is 19.1. The molecule has 1 atom stereocenters. The summed E-state index contributed by atoms with van der Waals surface area (Å²) in [7, 11) is 0. The Hall–Kier alpha value is -1.42. The van der Waals surface area contributed by atoms with Crippen LogP contribution in [0.1, 0.15) is 44.2 Å². The van der Waals surface area contributed by atoms with Crippen molar-refractivity contribution < 1.29 is 9.18 Å². The molecule has 1 saturated carbocycles. The highest BCUT2D eigenvalue weighted by Crippen LogP contribution is 2.26. The first-order valence-electron chi connectivity index (χ1n) is 6.87. The number of rotatable bonds is 4. The van der Waals surface area contributed by atoms with Gasteiger partial charge < -0.3 is 11.1 Å². The molecule has 3 N–H and O–H groups in total. The van der Waals surface area contributed by atoms with Gasteiger partial charge in [0.25, 0.3) is 0 Å². The second kappa shape index (κ2) is 6.15. The first-order valence-corrected chi connectivity index (χ1v) is 6.87. The third kappa shape index (κ3) is 3.53. The summed E-state index contributed by atoms with van der Waals surface area (Å²) in [6.07, 6.45) is 3.51. The summed E-state index contributed by atoms with van der Waals surface area (Å²) < 4.78 is 13.7. The van der Waals surface area contributed by atoms with Crippen molar-refractivity contribution in [1.82, 2.24) is 5.32 Å². The van der Waals surface area contributed by atoms with Gasteiger partial charge in [-0.25, -0.2) is 4.39 Å². The molecule has 1 aromatic rings. The quantitative estimate of drug-likeness (QED) is 0.878. The molecule has 0 radical (unpaired) electrons. The Morgan fingerprint density at radius 2 is 1.95 bits per heavy atom. The van der Waals surface area contributed by atoms with E-state index in [0.717, 1.165) is 25.7 Å². The molecule has 3 nitrogen and oxygen atoms in total. The first kappa shape index (κ1) is 14.0. The number of benzene rings is 1. The van der Waals surface area contributed by atoms with Gasteiger partial charge in [0.05, 0.1) is 0 Å². The molecule has 4 heteroatoms. The number of halogens is 1. The van der Waals surface area contributed by atoms with Crippen molar-refractivity contribution in [3.63, 3.8) is 0 Å². The number of amides is 1. The fourth-order valence-corrected chi connectivity index (χ4v) is 2.81. The number of hydrogen-bond acceptors (Lipinski definition) is 2. The molecule has 1 aromatic carbocycles. The SMILES string of the molecule is CC(NC1CCC(C(N)=O)CC1)c1ccccc1F. The average Bonchev–Trinajstić information content (AvgIpc) is 2.39. The minimum Gasteiger partial charge on any atom is -0.369 e. The van der Waals surface area contributed by atoms with Gasteiger partial charge in [-0.3, -0.25) is 4.79 Å². The second-order valence-corrected chi connectivity index (χ2v) is 5.36. The number of carbonyl (C=O) groups is 1. The molecular formula is C15H21FN2O. The molecule has 19 heavy (non-hydrogen) atoms. The fourth-order valence-electron chi connectivity index (χ4n) is 2.81. The molecule has 1 aliphatic carbocycles. The van der Waals surface area contributed by atoms with Crippen LogP contribution < -0.4 is 11.1 Å². The van der Waals surface area contributed by atoms with Gasteiger partial charge in [0, 0.05) is 23.6 Å². The van der Waals surface area contributed by atoms with Crippen LogP contribution in [0.4, 0.5) is 4.39 Å². The summed E-state index contributed by atoms with van der Waals surface area (Å²) in [5.41, 5.74) is 6.01. The highest BCUT2D eigenvalue weighted by molar-refractivity contribution is 5.76. The van der Waals surface area contributed by atoms with E-state index in [1.54, 1.807) is 6.07 Å². The maximum absolute atomic E-state index is 13.7. The number of nitrogens with two attached hydrogens (primary N) is 1. The lowest BCUT2D eigenvalue weighted by molar-refractivity contribution is -0.122. The van der Waals surface area contributed by atoms with Crippen LogP contribution in [-0.4, -0.2) is 11.9 Å². The van der Waals surface area contributed by atoms with Gasteiger partial charge in [0.2, 0.25) is 5.91 Å². The lowest BCUT2D eigenvalue weighted by Gasteiger charge is -2.30. The smallest absolute Gasteiger partial charge is 0.220 e. The molecule has 0 heterocycles. The van der Waals surface area contributed by atoms with Gasteiger partial charge in [0.15, 0.2) is 0 Å². The predicted molar refractivity (Wildman–Crippen MR) is 72.9 cm³/mol. The molecule has 0 bridgehead atoms. The van der Waals surface area contributed by atoms with E-state index in [1.807, 2.05) is 19.1 Å². The number of carbonyl (C=O) groups excluding carboxylic acids is 1. The summed E-state index contributed by atoms with van der Waals surface area (Å²) in [6.45, 7) is 1.97. The van der Waals surface area contributed by atoms with E-state index in [-0.39, 0.29) is 23.7 Å². The zero-order valence-electron chi connectivity index (χ0n) is 11.2. The van der Waals surface area contributed by atoms with E-state index in [1.165, 1.54) is 6.07 Å². The van der Waals surface area contributed by atoms with E-state index < -0.39 is 0 Å². The van der Waals surface area contributed by atoms with Gasteiger partial charge in [-0.15, -0.1) is 0 Å².